The molecule has 0 aliphatic carbocycles. The van der Waals surface area contributed by atoms with Gasteiger partial charge in [-0.15, -0.1) is 5.10 Å². The van der Waals surface area contributed by atoms with Crippen molar-refractivity contribution < 1.29 is 27.9 Å². The van der Waals surface area contributed by atoms with Crippen LogP contribution in [0.5, 0.6) is 5.75 Å². The predicted octanol–water partition coefficient (Wildman–Crippen LogP) is 7.04. The Kier molecular flexibility index (Phi) is 7.00. The number of rotatable bonds is 5. The maximum atomic E-state index is 15.1. The van der Waals surface area contributed by atoms with Gasteiger partial charge >= 0.3 is 0 Å². The summed E-state index contributed by atoms with van der Waals surface area (Å²) in [5.41, 5.74) is 3.28. The summed E-state index contributed by atoms with van der Waals surface area (Å²) in [7, 11) is 0. The van der Waals surface area contributed by atoms with Crippen molar-refractivity contribution in [1.82, 2.24) is 15.0 Å². The van der Waals surface area contributed by atoms with Crippen LogP contribution in [0.1, 0.15) is 74.1 Å². The number of hydrogen-bond donors (Lipinski definition) is 1. The number of fused-ring (bicyclic) bond motifs is 2. The highest BCUT2D eigenvalue weighted by atomic mass is 19.1. The number of nitrogens with one attached hydrogen (secondary N) is 1. The molecule has 9 nitrogen and oxygen atoms in total. The van der Waals surface area contributed by atoms with E-state index >= 15 is 4.39 Å². The van der Waals surface area contributed by atoms with Gasteiger partial charge in [0.05, 0.1) is 29.1 Å². The number of carbonyl (C=O) groups is 3. The van der Waals surface area contributed by atoms with E-state index in [9.17, 15) is 18.8 Å². The number of ether oxygens (including phenoxy) is 1. The van der Waals surface area contributed by atoms with Gasteiger partial charge in [-0.3, -0.25) is 14.4 Å². The molecule has 3 heterocycles. The van der Waals surface area contributed by atoms with E-state index in [1.54, 1.807) is 23.0 Å². The quantitative estimate of drug-likeness (QED) is 0.208. The smallest absolute Gasteiger partial charge is 0.266 e. The van der Waals surface area contributed by atoms with E-state index in [-0.39, 0.29) is 33.6 Å². The van der Waals surface area contributed by atoms with Gasteiger partial charge in [-0.2, -0.15) is 0 Å². The van der Waals surface area contributed by atoms with Crippen molar-refractivity contribution in [3.8, 4) is 17.0 Å². The third-order valence-corrected chi connectivity index (χ3v) is 8.49. The van der Waals surface area contributed by atoms with Crippen LogP contribution in [0.4, 0.5) is 20.2 Å². The van der Waals surface area contributed by atoms with Crippen LogP contribution in [0, 0.1) is 25.5 Å². The molecule has 0 saturated heterocycles. The van der Waals surface area contributed by atoms with Crippen molar-refractivity contribution in [3.63, 3.8) is 0 Å². The molecule has 1 atom stereocenters. The minimum Gasteiger partial charge on any atom is -0.487 e. The van der Waals surface area contributed by atoms with Gasteiger partial charge in [-0.25, -0.2) is 18.4 Å². The normalized spacial score (nSPS) is 16.5. The van der Waals surface area contributed by atoms with Gasteiger partial charge in [0.1, 0.15) is 28.7 Å². The Labute approximate surface area is 268 Å². The standard InChI is InChI=1S/C36H29F2N5O4/c1-19-5-6-20(2)30(13-19)43-34(45)24-10-7-21(14-25(24)35(43)46)33(44)39-23-9-11-28(38)26(16-23)29-18-42(41-40-29)31-17-36(3,4)47-32-12-8-22(37)15-27(31)32/h5-16,18,31H,17H2,1-4H3,(H,39,44)/t31-/m0/s1. The first kappa shape index (κ1) is 30.0. The van der Waals surface area contributed by atoms with Crippen molar-refractivity contribution in [3.05, 3.63) is 124 Å². The maximum Gasteiger partial charge on any atom is 0.266 e. The van der Waals surface area contributed by atoms with Crippen molar-refractivity contribution in [2.75, 3.05) is 10.2 Å². The fourth-order valence-electron chi connectivity index (χ4n) is 6.14. The van der Waals surface area contributed by atoms with E-state index in [2.05, 4.69) is 15.6 Å². The number of amides is 3. The molecule has 0 unspecified atom stereocenters. The van der Waals surface area contributed by atoms with E-state index in [1.807, 2.05) is 39.8 Å². The summed E-state index contributed by atoms with van der Waals surface area (Å²) in [6.45, 7) is 7.54. The van der Waals surface area contributed by atoms with Crippen LogP contribution in [-0.4, -0.2) is 38.3 Å². The summed E-state index contributed by atoms with van der Waals surface area (Å²) in [6, 6.07) is 17.8. The van der Waals surface area contributed by atoms with E-state index < -0.39 is 41.0 Å². The molecular formula is C36H29F2N5O4. The molecule has 236 valence electrons. The van der Waals surface area contributed by atoms with Crippen LogP contribution in [-0.2, 0) is 0 Å². The molecule has 47 heavy (non-hydrogen) atoms. The fraction of sp³-hybridized carbons (Fsp3) is 0.194. The lowest BCUT2D eigenvalue weighted by Gasteiger charge is -2.37. The topological polar surface area (TPSA) is 106 Å². The van der Waals surface area contributed by atoms with Gasteiger partial charge in [0.15, 0.2) is 0 Å². The van der Waals surface area contributed by atoms with Crippen LogP contribution >= 0.6 is 0 Å². The lowest BCUT2D eigenvalue weighted by atomic mass is 9.89. The van der Waals surface area contributed by atoms with Crippen molar-refractivity contribution in [2.45, 2.75) is 45.8 Å². The number of aromatic nitrogens is 3. The van der Waals surface area contributed by atoms with E-state index in [0.29, 0.717) is 23.4 Å². The number of halogens is 2. The molecule has 0 fully saturated rings. The van der Waals surface area contributed by atoms with Crippen molar-refractivity contribution >= 4 is 29.1 Å². The highest BCUT2D eigenvalue weighted by Crippen LogP contribution is 2.42. The van der Waals surface area contributed by atoms with E-state index in [0.717, 1.165) is 16.0 Å². The summed E-state index contributed by atoms with van der Waals surface area (Å²) >= 11 is 0. The molecular weight excluding hydrogens is 604 g/mol. The first-order valence-corrected chi connectivity index (χ1v) is 15.0. The van der Waals surface area contributed by atoms with Gasteiger partial charge in [0, 0.05) is 28.8 Å². The van der Waals surface area contributed by atoms with Gasteiger partial charge in [-0.1, -0.05) is 17.3 Å². The second-order valence-electron chi connectivity index (χ2n) is 12.5. The molecule has 1 N–H and O–H groups in total. The second kappa shape index (κ2) is 11.0. The molecule has 0 radical (unpaired) electrons. The first-order valence-electron chi connectivity index (χ1n) is 15.0. The average Bonchev–Trinajstić information content (AvgIpc) is 3.61. The Morgan fingerprint density at radius 2 is 1.70 bits per heavy atom. The Balaban J connectivity index is 1.14. The van der Waals surface area contributed by atoms with Crippen LogP contribution < -0.4 is 15.0 Å². The molecule has 11 heteroatoms. The van der Waals surface area contributed by atoms with Crippen molar-refractivity contribution in [2.24, 2.45) is 0 Å². The second-order valence-corrected chi connectivity index (χ2v) is 12.5. The highest BCUT2D eigenvalue weighted by Gasteiger charge is 2.38. The minimum atomic E-state index is -0.582. The molecule has 3 amide bonds. The number of anilines is 2. The Morgan fingerprint density at radius 1 is 0.915 bits per heavy atom. The van der Waals surface area contributed by atoms with Crippen molar-refractivity contribution in [1.29, 1.82) is 0 Å². The summed E-state index contributed by atoms with van der Waals surface area (Å²) in [4.78, 5) is 41.0. The lowest BCUT2D eigenvalue weighted by Crippen LogP contribution is -2.37. The first-order chi connectivity index (χ1) is 22.4. The number of benzene rings is 4. The SMILES string of the molecule is Cc1ccc(C)c(N2C(=O)c3ccc(C(=O)Nc4ccc(F)c(-c5cn([C@H]6CC(C)(C)Oc7ccc(F)cc76)nn5)c4)cc3C2=O)c1. The summed E-state index contributed by atoms with van der Waals surface area (Å²) in [5, 5.41) is 11.2. The number of imide groups is 1. The van der Waals surface area contributed by atoms with Crippen LogP contribution in [0.3, 0.4) is 0 Å². The zero-order chi connectivity index (χ0) is 33.2. The van der Waals surface area contributed by atoms with Crippen LogP contribution in [0.15, 0.2) is 79.0 Å². The molecule has 2 aliphatic rings. The number of aryl methyl sites for hydroxylation is 2. The summed E-state index contributed by atoms with van der Waals surface area (Å²) < 4.78 is 36.9. The van der Waals surface area contributed by atoms with Gasteiger partial charge in [0.25, 0.3) is 17.7 Å². The molecule has 7 rings (SSSR count). The minimum absolute atomic E-state index is 0.0960. The molecule has 2 aliphatic heterocycles. The Bertz CT molecular complexity index is 2140. The molecule has 0 bridgehead atoms. The molecule has 4 aromatic carbocycles. The van der Waals surface area contributed by atoms with E-state index in [1.165, 1.54) is 48.5 Å². The molecule has 1 aromatic heterocycles. The van der Waals surface area contributed by atoms with Crippen LogP contribution in [0.25, 0.3) is 11.3 Å². The third-order valence-electron chi connectivity index (χ3n) is 8.49. The molecule has 0 saturated carbocycles. The monoisotopic (exact) mass is 633 g/mol. The number of hydrogen-bond acceptors (Lipinski definition) is 6. The van der Waals surface area contributed by atoms with Crippen LogP contribution in [0.2, 0.25) is 0 Å². The highest BCUT2D eigenvalue weighted by molar-refractivity contribution is 6.35. The van der Waals surface area contributed by atoms with Gasteiger partial charge in [0.2, 0.25) is 0 Å². The third kappa shape index (κ3) is 5.33. The Hall–Kier alpha value is -5.71. The summed E-state index contributed by atoms with van der Waals surface area (Å²) in [6.07, 6.45) is 2.05. The number of carbonyl (C=O) groups excluding carboxylic acids is 3. The average molecular weight is 634 g/mol. The fourth-order valence-corrected chi connectivity index (χ4v) is 6.14. The Morgan fingerprint density at radius 3 is 2.51 bits per heavy atom. The van der Waals surface area contributed by atoms with E-state index in [4.69, 9.17) is 4.74 Å². The van der Waals surface area contributed by atoms with Gasteiger partial charge < -0.3 is 10.1 Å². The zero-order valence-electron chi connectivity index (χ0n) is 26.0. The molecule has 0 spiro atoms. The largest absolute Gasteiger partial charge is 0.487 e. The summed E-state index contributed by atoms with van der Waals surface area (Å²) in [5.74, 6) is -1.98. The zero-order valence-corrected chi connectivity index (χ0v) is 26.0. The lowest BCUT2D eigenvalue weighted by molar-refractivity contribution is 0.0642. The van der Waals surface area contributed by atoms with Gasteiger partial charge in [-0.05, 0) is 99.5 Å². The maximum absolute atomic E-state index is 15.1. The molecule has 5 aromatic rings. The number of nitrogens with zero attached hydrogens (tertiary/aromatic N) is 4. The predicted molar refractivity (Wildman–Crippen MR) is 171 cm³/mol.